The second-order valence-electron chi connectivity index (χ2n) is 15.6. The fraction of sp³-hybridized carbons (Fsp3) is 0. The molecule has 0 bridgehead atoms. The molecule has 3 aromatic heterocycles. The van der Waals surface area contributed by atoms with Crippen molar-refractivity contribution in [2.75, 3.05) is 0 Å². The van der Waals surface area contributed by atoms with Gasteiger partial charge < -0.3 is 4.57 Å². The van der Waals surface area contributed by atoms with Crippen molar-refractivity contribution in [3.8, 4) is 73.2 Å². The average Bonchev–Trinajstić information content (AvgIpc) is 3.90. The predicted molar refractivity (Wildman–Crippen MR) is 260 cm³/mol. The van der Waals surface area contributed by atoms with Crippen LogP contribution >= 0.6 is 11.3 Å². The van der Waals surface area contributed by atoms with Crippen molar-refractivity contribution < 1.29 is 0 Å². The summed E-state index contributed by atoms with van der Waals surface area (Å²) in [5, 5.41) is 4.97. The summed E-state index contributed by atoms with van der Waals surface area (Å²) in [7, 11) is 0. The Kier molecular flexibility index (Phi) is 8.65. The van der Waals surface area contributed by atoms with Crippen molar-refractivity contribution in [2.24, 2.45) is 0 Å². The summed E-state index contributed by atoms with van der Waals surface area (Å²) in [6, 6.07) is 77.5. The Morgan fingerprint density at radius 3 is 1.50 bits per heavy atom. The number of thiophene rings is 1. The van der Waals surface area contributed by atoms with Gasteiger partial charge in [0.25, 0.3) is 0 Å². The highest BCUT2D eigenvalue weighted by Gasteiger charge is 2.21. The van der Waals surface area contributed by atoms with Gasteiger partial charge in [0.05, 0.1) is 16.7 Å². The van der Waals surface area contributed by atoms with Crippen LogP contribution in [0, 0.1) is 0 Å². The maximum Gasteiger partial charge on any atom is 0.166 e. The van der Waals surface area contributed by atoms with E-state index in [1.54, 1.807) is 0 Å². The Hall–Kier alpha value is -7.99. The molecule has 0 aliphatic heterocycles. The minimum Gasteiger partial charge on any atom is -0.308 e. The van der Waals surface area contributed by atoms with Crippen molar-refractivity contribution in [2.45, 2.75) is 0 Å². The molecule has 12 rings (SSSR count). The second kappa shape index (κ2) is 14.9. The number of hydrogen-bond acceptors (Lipinski definition) is 4. The van der Waals surface area contributed by atoms with Crippen LogP contribution in [0.4, 0.5) is 0 Å². The quantitative estimate of drug-likeness (QED) is 0.161. The molecule has 0 radical (unpaired) electrons. The van der Waals surface area contributed by atoms with Gasteiger partial charge in [0.1, 0.15) is 0 Å². The third kappa shape index (κ3) is 6.18. The normalized spacial score (nSPS) is 11.5. The topological polar surface area (TPSA) is 43.6 Å². The van der Waals surface area contributed by atoms with E-state index in [-0.39, 0.29) is 0 Å². The summed E-state index contributed by atoms with van der Waals surface area (Å²) in [4.78, 5) is 15.8. The smallest absolute Gasteiger partial charge is 0.166 e. The van der Waals surface area contributed by atoms with Crippen molar-refractivity contribution in [1.29, 1.82) is 0 Å². The zero-order chi connectivity index (χ0) is 41.0. The van der Waals surface area contributed by atoms with E-state index in [4.69, 9.17) is 15.0 Å². The lowest BCUT2D eigenvalue weighted by atomic mass is 9.97. The van der Waals surface area contributed by atoms with Gasteiger partial charge in [0, 0.05) is 47.6 Å². The Labute approximate surface area is 362 Å². The standard InChI is InChI=1S/C57H36N4S/c1-3-15-37(16-4-1)41-19-13-20-42(35-41)43-33-34-49(52(36-43)61-50-26-10-7-21-45(50)46-22-8-11-27-51(46)61)57-59-55(39-17-5-2-6-18-39)58-56(60-57)40-31-29-38(30-32-40)44-24-14-25-48-47-23-9-12-28-53(47)62-54(44)48/h1-36H. The molecule has 12 aromatic rings. The van der Waals surface area contributed by atoms with Gasteiger partial charge in [-0.25, -0.2) is 15.0 Å². The maximum absolute atomic E-state index is 5.33. The van der Waals surface area contributed by atoms with Gasteiger partial charge in [-0.1, -0.05) is 182 Å². The van der Waals surface area contributed by atoms with Gasteiger partial charge in [0.15, 0.2) is 17.5 Å². The molecular formula is C57H36N4S. The summed E-state index contributed by atoms with van der Waals surface area (Å²) in [6.45, 7) is 0. The van der Waals surface area contributed by atoms with E-state index >= 15 is 0 Å². The molecule has 0 atom stereocenters. The molecule has 0 amide bonds. The number of nitrogens with zero attached hydrogens (tertiary/aromatic N) is 4. The van der Waals surface area contributed by atoms with Gasteiger partial charge in [0.2, 0.25) is 0 Å². The van der Waals surface area contributed by atoms with Gasteiger partial charge in [-0.15, -0.1) is 11.3 Å². The Morgan fingerprint density at radius 2 is 0.790 bits per heavy atom. The zero-order valence-corrected chi connectivity index (χ0v) is 34.3. The molecule has 0 aliphatic rings. The first-order valence-electron chi connectivity index (χ1n) is 20.8. The molecule has 0 saturated heterocycles. The monoisotopic (exact) mass is 808 g/mol. The van der Waals surface area contributed by atoms with Crippen LogP contribution in [-0.2, 0) is 0 Å². The molecular weight excluding hydrogens is 773 g/mol. The van der Waals surface area contributed by atoms with E-state index in [0.29, 0.717) is 17.5 Å². The Bertz CT molecular complexity index is 3570. The van der Waals surface area contributed by atoms with Gasteiger partial charge in [-0.3, -0.25) is 0 Å². The number of rotatable bonds is 7. The van der Waals surface area contributed by atoms with Crippen molar-refractivity contribution in [3.05, 3.63) is 218 Å². The number of benzene rings is 9. The van der Waals surface area contributed by atoms with Crippen LogP contribution in [0.15, 0.2) is 218 Å². The maximum atomic E-state index is 5.33. The largest absolute Gasteiger partial charge is 0.308 e. The lowest BCUT2D eigenvalue weighted by Gasteiger charge is -2.17. The fourth-order valence-corrected chi connectivity index (χ4v) is 10.1. The van der Waals surface area contributed by atoms with Crippen LogP contribution in [-0.4, -0.2) is 19.5 Å². The molecule has 0 spiro atoms. The van der Waals surface area contributed by atoms with E-state index in [2.05, 4.69) is 205 Å². The van der Waals surface area contributed by atoms with E-state index < -0.39 is 0 Å². The highest BCUT2D eigenvalue weighted by Crippen LogP contribution is 2.41. The van der Waals surface area contributed by atoms with Gasteiger partial charge in [-0.05, 0) is 69.8 Å². The number of hydrogen-bond donors (Lipinski definition) is 0. The van der Waals surface area contributed by atoms with E-state index in [1.165, 1.54) is 47.6 Å². The minimum absolute atomic E-state index is 0.606. The lowest BCUT2D eigenvalue weighted by Crippen LogP contribution is -2.04. The summed E-state index contributed by atoms with van der Waals surface area (Å²) in [5.41, 5.74) is 13.0. The van der Waals surface area contributed by atoms with Crippen molar-refractivity contribution in [3.63, 3.8) is 0 Å². The summed E-state index contributed by atoms with van der Waals surface area (Å²) in [6.07, 6.45) is 0. The predicted octanol–water partition coefficient (Wildman–Crippen LogP) is 15.3. The van der Waals surface area contributed by atoms with Crippen LogP contribution in [0.5, 0.6) is 0 Å². The average molecular weight is 809 g/mol. The first-order chi connectivity index (χ1) is 30.7. The number of fused-ring (bicyclic) bond motifs is 6. The summed E-state index contributed by atoms with van der Waals surface area (Å²) < 4.78 is 4.97. The Morgan fingerprint density at radius 1 is 0.306 bits per heavy atom. The minimum atomic E-state index is 0.606. The van der Waals surface area contributed by atoms with Crippen LogP contribution in [0.2, 0.25) is 0 Å². The summed E-state index contributed by atoms with van der Waals surface area (Å²) >= 11 is 1.85. The molecule has 0 fully saturated rings. The van der Waals surface area contributed by atoms with E-state index in [9.17, 15) is 0 Å². The SMILES string of the molecule is c1ccc(-c2cccc(-c3ccc(-c4nc(-c5ccccc5)nc(-c5ccc(-c6cccc7c6sc6ccccc67)cc5)n4)c(-n4c5ccccc5c5ccccc54)c3)c2)cc1. The molecule has 0 N–H and O–H groups in total. The fourth-order valence-electron chi connectivity index (χ4n) is 8.89. The summed E-state index contributed by atoms with van der Waals surface area (Å²) in [5.74, 6) is 1.85. The van der Waals surface area contributed by atoms with Crippen LogP contribution < -0.4 is 0 Å². The number of para-hydroxylation sites is 2. The van der Waals surface area contributed by atoms with Gasteiger partial charge >= 0.3 is 0 Å². The van der Waals surface area contributed by atoms with E-state index in [0.717, 1.165) is 50.1 Å². The van der Waals surface area contributed by atoms with Gasteiger partial charge in [-0.2, -0.15) is 0 Å². The molecule has 4 nitrogen and oxygen atoms in total. The van der Waals surface area contributed by atoms with Crippen molar-refractivity contribution >= 4 is 53.3 Å². The lowest BCUT2D eigenvalue weighted by molar-refractivity contribution is 1.06. The van der Waals surface area contributed by atoms with Crippen LogP contribution in [0.1, 0.15) is 0 Å². The zero-order valence-electron chi connectivity index (χ0n) is 33.5. The number of aromatic nitrogens is 4. The molecule has 62 heavy (non-hydrogen) atoms. The third-order valence-corrected chi connectivity index (χ3v) is 13.1. The molecule has 5 heteroatoms. The van der Waals surface area contributed by atoms with Crippen molar-refractivity contribution in [1.82, 2.24) is 19.5 Å². The molecule has 3 heterocycles. The molecule has 0 saturated carbocycles. The molecule has 9 aromatic carbocycles. The highest BCUT2D eigenvalue weighted by molar-refractivity contribution is 7.26. The molecule has 290 valence electrons. The van der Waals surface area contributed by atoms with Crippen LogP contribution in [0.25, 0.3) is 115 Å². The molecule has 0 aliphatic carbocycles. The third-order valence-electron chi connectivity index (χ3n) is 11.9. The first kappa shape index (κ1) is 35.9. The second-order valence-corrected chi connectivity index (χ2v) is 16.6. The van der Waals surface area contributed by atoms with E-state index in [1.807, 2.05) is 29.5 Å². The Balaban J connectivity index is 1.05. The first-order valence-corrected chi connectivity index (χ1v) is 21.7. The molecule has 0 unspecified atom stereocenters. The highest BCUT2D eigenvalue weighted by atomic mass is 32.1. The van der Waals surface area contributed by atoms with Crippen LogP contribution in [0.3, 0.4) is 0 Å².